The molecule has 0 bridgehead atoms. The summed E-state index contributed by atoms with van der Waals surface area (Å²) in [6.07, 6.45) is 0. The fraction of sp³-hybridized carbons (Fsp3) is 0.0769. The SMILES string of the molecule is Cc1c(N)cc(-c2ccc(N)cc2)c(N)c1N. The summed E-state index contributed by atoms with van der Waals surface area (Å²) >= 11 is 0. The third-order valence-electron chi connectivity index (χ3n) is 2.94. The number of hydrogen-bond acceptors (Lipinski definition) is 4. The van der Waals surface area contributed by atoms with Crippen molar-refractivity contribution in [2.75, 3.05) is 22.9 Å². The average Bonchev–Trinajstić information content (AvgIpc) is 2.32. The molecule has 88 valence electrons. The van der Waals surface area contributed by atoms with Gasteiger partial charge in [-0.1, -0.05) is 12.1 Å². The molecule has 0 aliphatic rings. The number of hydrogen-bond donors (Lipinski definition) is 4. The van der Waals surface area contributed by atoms with Crippen LogP contribution in [-0.2, 0) is 0 Å². The molecule has 17 heavy (non-hydrogen) atoms. The molecular formula is C13H16N4. The number of anilines is 4. The van der Waals surface area contributed by atoms with Gasteiger partial charge in [-0.05, 0) is 36.2 Å². The highest BCUT2D eigenvalue weighted by molar-refractivity contribution is 5.90. The zero-order chi connectivity index (χ0) is 12.6. The molecular weight excluding hydrogens is 212 g/mol. The summed E-state index contributed by atoms with van der Waals surface area (Å²) in [6.45, 7) is 1.85. The van der Waals surface area contributed by atoms with Crippen molar-refractivity contribution < 1.29 is 0 Å². The highest BCUT2D eigenvalue weighted by Gasteiger charge is 2.10. The molecule has 2 aromatic carbocycles. The minimum absolute atomic E-state index is 0.539. The smallest absolute Gasteiger partial charge is 0.0631 e. The van der Waals surface area contributed by atoms with E-state index < -0.39 is 0 Å². The molecule has 0 aliphatic heterocycles. The van der Waals surface area contributed by atoms with Gasteiger partial charge in [-0.2, -0.15) is 0 Å². The Morgan fingerprint density at radius 3 is 2.00 bits per heavy atom. The van der Waals surface area contributed by atoms with Gasteiger partial charge in [0.25, 0.3) is 0 Å². The molecule has 0 spiro atoms. The van der Waals surface area contributed by atoms with Gasteiger partial charge in [0.05, 0.1) is 11.4 Å². The van der Waals surface area contributed by atoms with E-state index in [1.807, 2.05) is 37.3 Å². The van der Waals surface area contributed by atoms with Gasteiger partial charge in [-0.25, -0.2) is 0 Å². The van der Waals surface area contributed by atoms with Crippen molar-refractivity contribution >= 4 is 22.7 Å². The number of nitrogen functional groups attached to an aromatic ring is 4. The molecule has 0 radical (unpaired) electrons. The lowest BCUT2D eigenvalue weighted by Gasteiger charge is -2.13. The molecule has 0 fully saturated rings. The van der Waals surface area contributed by atoms with Crippen LogP contribution in [0, 0.1) is 6.92 Å². The van der Waals surface area contributed by atoms with Crippen LogP contribution in [-0.4, -0.2) is 0 Å². The lowest BCUT2D eigenvalue weighted by Crippen LogP contribution is -2.03. The molecule has 8 N–H and O–H groups in total. The largest absolute Gasteiger partial charge is 0.399 e. The first-order valence-corrected chi connectivity index (χ1v) is 5.30. The van der Waals surface area contributed by atoms with E-state index in [2.05, 4.69) is 0 Å². The van der Waals surface area contributed by atoms with E-state index in [9.17, 15) is 0 Å². The standard InChI is InChI=1S/C13H16N4/c1-7-11(15)6-10(13(17)12(7)16)8-2-4-9(14)5-3-8/h2-6H,14-17H2,1H3. The van der Waals surface area contributed by atoms with Gasteiger partial charge in [-0.15, -0.1) is 0 Å². The topological polar surface area (TPSA) is 104 Å². The quantitative estimate of drug-likeness (QED) is 0.560. The maximum absolute atomic E-state index is 6.01. The van der Waals surface area contributed by atoms with Crippen molar-refractivity contribution in [3.8, 4) is 11.1 Å². The third-order valence-corrected chi connectivity index (χ3v) is 2.94. The second kappa shape index (κ2) is 3.90. The Kier molecular flexibility index (Phi) is 2.55. The van der Waals surface area contributed by atoms with E-state index in [4.69, 9.17) is 22.9 Å². The Balaban J connectivity index is 2.64. The van der Waals surface area contributed by atoms with Crippen LogP contribution in [0.25, 0.3) is 11.1 Å². The maximum Gasteiger partial charge on any atom is 0.0631 e. The van der Waals surface area contributed by atoms with Gasteiger partial charge in [0.1, 0.15) is 0 Å². The Morgan fingerprint density at radius 2 is 1.41 bits per heavy atom. The van der Waals surface area contributed by atoms with Gasteiger partial charge in [0.15, 0.2) is 0 Å². The predicted octanol–water partition coefficient (Wildman–Crippen LogP) is 1.99. The summed E-state index contributed by atoms with van der Waals surface area (Å²) < 4.78 is 0. The molecule has 2 aromatic rings. The van der Waals surface area contributed by atoms with E-state index in [-0.39, 0.29) is 0 Å². The van der Waals surface area contributed by atoms with Crippen molar-refractivity contribution in [1.82, 2.24) is 0 Å². The fourth-order valence-electron chi connectivity index (χ4n) is 1.75. The van der Waals surface area contributed by atoms with Crippen LogP contribution in [0.2, 0.25) is 0 Å². The highest BCUT2D eigenvalue weighted by Crippen LogP contribution is 2.36. The minimum Gasteiger partial charge on any atom is -0.399 e. The van der Waals surface area contributed by atoms with E-state index in [0.29, 0.717) is 22.7 Å². The second-order valence-electron chi connectivity index (χ2n) is 4.09. The minimum atomic E-state index is 0.539. The number of nitrogens with two attached hydrogens (primary N) is 4. The van der Waals surface area contributed by atoms with Crippen LogP contribution in [0.15, 0.2) is 30.3 Å². The van der Waals surface area contributed by atoms with Crippen molar-refractivity contribution in [2.45, 2.75) is 6.92 Å². The number of benzene rings is 2. The molecule has 2 rings (SSSR count). The van der Waals surface area contributed by atoms with Crippen LogP contribution in [0.5, 0.6) is 0 Å². The Labute approximate surface area is 100 Å². The van der Waals surface area contributed by atoms with E-state index in [1.54, 1.807) is 0 Å². The monoisotopic (exact) mass is 228 g/mol. The fourth-order valence-corrected chi connectivity index (χ4v) is 1.75. The Bertz CT molecular complexity index is 559. The van der Waals surface area contributed by atoms with Gasteiger partial charge >= 0.3 is 0 Å². The zero-order valence-corrected chi connectivity index (χ0v) is 9.70. The van der Waals surface area contributed by atoms with Crippen LogP contribution in [0.4, 0.5) is 22.7 Å². The maximum atomic E-state index is 6.01. The van der Waals surface area contributed by atoms with Crippen LogP contribution < -0.4 is 22.9 Å². The van der Waals surface area contributed by atoms with Gasteiger partial charge < -0.3 is 22.9 Å². The first-order chi connectivity index (χ1) is 8.00. The van der Waals surface area contributed by atoms with Crippen molar-refractivity contribution in [3.63, 3.8) is 0 Å². The summed E-state index contributed by atoms with van der Waals surface area (Å²) in [5.74, 6) is 0. The highest BCUT2D eigenvalue weighted by atomic mass is 14.7. The summed E-state index contributed by atoms with van der Waals surface area (Å²) in [5.41, 5.74) is 28.5. The van der Waals surface area contributed by atoms with Crippen molar-refractivity contribution in [1.29, 1.82) is 0 Å². The molecule has 0 aliphatic carbocycles. The molecule has 0 atom stereocenters. The normalized spacial score (nSPS) is 10.4. The summed E-state index contributed by atoms with van der Waals surface area (Å²) in [5, 5.41) is 0. The van der Waals surface area contributed by atoms with Crippen molar-refractivity contribution in [3.05, 3.63) is 35.9 Å². The molecule has 0 heterocycles. The molecule has 0 unspecified atom stereocenters. The van der Waals surface area contributed by atoms with Crippen molar-refractivity contribution in [2.24, 2.45) is 0 Å². The summed E-state index contributed by atoms with van der Waals surface area (Å²) in [4.78, 5) is 0. The van der Waals surface area contributed by atoms with Gasteiger partial charge in [0.2, 0.25) is 0 Å². The van der Waals surface area contributed by atoms with Crippen LogP contribution in [0.1, 0.15) is 5.56 Å². The molecule has 4 heteroatoms. The molecule has 0 saturated carbocycles. The molecule has 0 saturated heterocycles. The van der Waals surface area contributed by atoms with E-state index >= 15 is 0 Å². The Morgan fingerprint density at radius 1 is 0.824 bits per heavy atom. The second-order valence-corrected chi connectivity index (χ2v) is 4.09. The molecule has 0 aromatic heterocycles. The lowest BCUT2D eigenvalue weighted by atomic mass is 9.99. The molecule has 0 amide bonds. The predicted molar refractivity (Wildman–Crippen MR) is 74.3 cm³/mol. The first kappa shape index (κ1) is 11.1. The Hall–Kier alpha value is -2.36. The zero-order valence-electron chi connectivity index (χ0n) is 9.70. The summed E-state index contributed by atoms with van der Waals surface area (Å²) in [6, 6.07) is 9.28. The van der Waals surface area contributed by atoms with Gasteiger partial charge in [-0.3, -0.25) is 0 Å². The van der Waals surface area contributed by atoms with Gasteiger partial charge in [0, 0.05) is 16.9 Å². The van der Waals surface area contributed by atoms with E-state index in [0.717, 1.165) is 16.7 Å². The molecule has 4 nitrogen and oxygen atoms in total. The first-order valence-electron chi connectivity index (χ1n) is 5.30. The van der Waals surface area contributed by atoms with Crippen LogP contribution >= 0.6 is 0 Å². The average molecular weight is 228 g/mol. The third kappa shape index (κ3) is 1.85. The number of rotatable bonds is 1. The van der Waals surface area contributed by atoms with Crippen LogP contribution in [0.3, 0.4) is 0 Å². The van der Waals surface area contributed by atoms with E-state index in [1.165, 1.54) is 0 Å². The lowest BCUT2D eigenvalue weighted by molar-refractivity contribution is 1.46. The summed E-state index contributed by atoms with van der Waals surface area (Å²) in [7, 11) is 0.